The van der Waals surface area contributed by atoms with Crippen molar-refractivity contribution in [2.75, 3.05) is 6.61 Å². The molecule has 0 saturated carbocycles. The molecular weight excluding hydrogens is 641 g/mol. The Morgan fingerprint density at radius 3 is 1.65 bits per heavy atom. The molecular formula is C30H26B2Cl2N2O10. The van der Waals surface area contributed by atoms with Gasteiger partial charge in [0.2, 0.25) is 0 Å². The first-order chi connectivity index (χ1) is 22.1. The topological polar surface area (TPSA) is 167 Å². The van der Waals surface area contributed by atoms with E-state index in [1.165, 1.54) is 6.20 Å². The van der Waals surface area contributed by atoms with Crippen LogP contribution in [-0.2, 0) is 23.6 Å². The molecule has 0 aliphatic carbocycles. The lowest BCUT2D eigenvalue weighted by Crippen LogP contribution is -2.28. The first kappa shape index (κ1) is 33.2. The Hall–Kier alpha value is -4.17. The first-order valence-corrected chi connectivity index (χ1v) is 14.8. The van der Waals surface area contributed by atoms with Crippen molar-refractivity contribution in [3.8, 4) is 23.0 Å². The van der Waals surface area contributed by atoms with Gasteiger partial charge in [-0.2, -0.15) is 0 Å². The number of carboxylic acid groups (broad SMARTS) is 1. The molecule has 2 aromatic carbocycles. The van der Waals surface area contributed by atoms with Crippen LogP contribution >= 0.6 is 23.2 Å². The number of hydrogen-bond donors (Lipinski definition) is 3. The minimum atomic E-state index is -1.16. The summed E-state index contributed by atoms with van der Waals surface area (Å²) in [5.41, 5.74) is 2.47. The van der Waals surface area contributed by atoms with Crippen LogP contribution < -0.4 is 20.4 Å². The molecule has 2 unspecified atom stereocenters. The number of ether oxygens (including phenoxy) is 3. The standard InChI is InChI=1S/C16H15BClNO5.C14H11BClNO5/c1-2-22-16(20)9-14-12-4-3-10(7-13(12)17(21)24-14)23-11-5-6-19-15(18)8-11;16-13-6-9(3-4-17-13)21-8-1-2-10-11(5-8)15(20)22-12(10)7-14(18)19/h3-8,14,21H,2,9H2,1H3;1-6,12,20H,7H2,(H,18,19). The lowest BCUT2D eigenvalue weighted by Gasteiger charge is -2.12. The van der Waals surface area contributed by atoms with Crippen molar-refractivity contribution in [2.24, 2.45) is 0 Å². The van der Waals surface area contributed by atoms with Crippen LogP contribution in [0.15, 0.2) is 73.1 Å². The highest BCUT2D eigenvalue weighted by atomic mass is 35.5. The van der Waals surface area contributed by atoms with Crippen LogP contribution in [0.25, 0.3) is 0 Å². The number of esters is 1. The third-order valence-electron chi connectivity index (χ3n) is 6.81. The van der Waals surface area contributed by atoms with Crippen LogP contribution in [0.4, 0.5) is 0 Å². The van der Waals surface area contributed by atoms with Gasteiger partial charge in [-0.05, 0) is 65.4 Å². The molecule has 3 N–H and O–H groups in total. The number of carboxylic acids is 1. The fraction of sp³-hybridized carbons (Fsp3) is 0.200. The lowest BCUT2D eigenvalue weighted by molar-refractivity contribution is -0.145. The van der Waals surface area contributed by atoms with Gasteiger partial charge in [0.05, 0.1) is 31.7 Å². The Kier molecular flexibility index (Phi) is 10.8. The van der Waals surface area contributed by atoms with Gasteiger partial charge in [0.25, 0.3) is 0 Å². The minimum Gasteiger partial charge on any atom is -0.481 e. The summed E-state index contributed by atoms with van der Waals surface area (Å²) >= 11 is 11.6. The van der Waals surface area contributed by atoms with E-state index >= 15 is 0 Å². The van der Waals surface area contributed by atoms with Gasteiger partial charge in [-0.25, -0.2) is 9.97 Å². The molecule has 6 rings (SSSR count). The zero-order chi connectivity index (χ0) is 32.8. The number of halogens is 2. The van der Waals surface area contributed by atoms with E-state index in [1.54, 1.807) is 73.8 Å². The van der Waals surface area contributed by atoms with Crippen molar-refractivity contribution in [1.82, 2.24) is 9.97 Å². The van der Waals surface area contributed by atoms with Crippen molar-refractivity contribution >= 4 is 60.3 Å². The number of hydrogen-bond acceptors (Lipinski definition) is 11. The van der Waals surface area contributed by atoms with Crippen molar-refractivity contribution in [3.05, 3.63) is 94.5 Å². The maximum Gasteiger partial charge on any atom is 0.492 e. The Labute approximate surface area is 274 Å². The molecule has 4 aromatic rings. The lowest BCUT2D eigenvalue weighted by atomic mass is 9.79. The molecule has 0 spiro atoms. The summed E-state index contributed by atoms with van der Waals surface area (Å²) in [6.45, 7) is 2.05. The van der Waals surface area contributed by atoms with Crippen LogP contribution in [-0.4, -0.2) is 57.9 Å². The van der Waals surface area contributed by atoms with Crippen molar-refractivity contribution in [1.29, 1.82) is 0 Å². The summed E-state index contributed by atoms with van der Waals surface area (Å²) in [5, 5.41) is 29.5. The van der Waals surface area contributed by atoms with Crippen LogP contribution in [0.3, 0.4) is 0 Å². The summed E-state index contributed by atoms with van der Waals surface area (Å²) in [4.78, 5) is 30.2. The van der Waals surface area contributed by atoms with E-state index in [1.807, 2.05) is 0 Å². The van der Waals surface area contributed by atoms with Gasteiger partial charge in [0, 0.05) is 24.5 Å². The molecule has 2 atom stereocenters. The third-order valence-corrected chi connectivity index (χ3v) is 7.23. The zero-order valence-corrected chi connectivity index (χ0v) is 25.7. The number of fused-ring (bicyclic) bond motifs is 2. The molecule has 2 aromatic heterocycles. The predicted molar refractivity (Wildman–Crippen MR) is 168 cm³/mol. The largest absolute Gasteiger partial charge is 0.492 e. The Morgan fingerprint density at radius 2 is 1.22 bits per heavy atom. The molecule has 46 heavy (non-hydrogen) atoms. The molecule has 0 radical (unpaired) electrons. The fourth-order valence-electron chi connectivity index (χ4n) is 4.87. The van der Waals surface area contributed by atoms with Gasteiger partial charge in [-0.3, -0.25) is 9.59 Å². The van der Waals surface area contributed by atoms with Crippen molar-refractivity contribution in [3.63, 3.8) is 0 Å². The number of rotatable bonds is 9. The average molecular weight is 667 g/mol. The molecule has 2 aliphatic rings. The molecule has 16 heteroatoms. The van der Waals surface area contributed by atoms with E-state index in [0.717, 1.165) is 5.56 Å². The van der Waals surface area contributed by atoms with Crippen LogP contribution in [0.2, 0.25) is 10.3 Å². The van der Waals surface area contributed by atoms with Gasteiger partial charge in [0.15, 0.2) is 0 Å². The van der Waals surface area contributed by atoms with Crippen LogP contribution in [0, 0.1) is 0 Å². The second-order valence-electron chi connectivity index (χ2n) is 9.98. The Balaban J connectivity index is 0.000000182. The van der Waals surface area contributed by atoms with Crippen molar-refractivity contribution in [2.45, 2.75) is 32.0 Å². The SMILES string of the molecule is CCOC(=O)CC1OB(O)c2cc(Oc3ccnc(Cl)c3)ccc21.O=C(O)CC1OB(O)c2cc(Oc3ccnc(Cl)c3)ccc21. The van der Waals surface area contributed by atoms with Gasteiger partial charge < -0.3 is 38.7 Å². The number of pyridine rings is 2. The van der Waals surface area contributed by atoms with E-state index in [-0.39, 0.29) is 18.8 Å². The molecule has 236 valence electrons. The predicted octanol–water partition coefficient (Wildman–Crippen LogP) is 4.00. The molecule has 0 saturated heterocycles. The monoisotopic (exact) mass is 666 g/mol. The number of carbonyl (C=O) groups excluding carboxylic acids is 1. The highest BCUT2D eigenvalue weighted by Gasteiger charge is 2.37. The second kappa shape index (κ2) is 14.9. The Bertz CT molecular complexity index is 1730. The summed E-state index contributed by atoms with van der Waals surface area (Å²) < 4.78 is 27.0. The number of aromatic nitrogens is 2. The molecule has 12 nitrogen and oxygen atoms in total. The van der Waals surface area contributed by atoms with E-state index in [0.29, 0.717) is 56.4 Å². The molecule has 0 fully saturated rings. The number of carbonyl (C=O) groups is 2. The summed E-state index contributed by atoms with van der Waals surface area (Å²) in [5.74, 6) is 0.697. The van der Waals surface area contributed by atoms with Gasteiger partial charge in [-0.15, -0.1) is 0 Å². The molecule has 2 aliphatic heterocycles. The summed E-state index contributed by atoms with van der Waals surface area (Å²) in [7, 11) is -2.27. The first-order valence-electron chi connectivity index (χ1n) is 14.0. The molecule has 4 heterocycles. The maximum absolute atomic E-state index is 11.6. The van der Waals surface area contributed by atoms with E-state index in [4.69, 9.17) is 51.8 Å². The zero-order valence-electron chi connectivity index (χ0n) is 24.2. The van der Waals surface area contributed by atoms with Gasteiger partial charge >= 0.3 is 26.2 Å². The normalized spacial score (nSPS) is 16.2. The van der Waals surface area contributed by atoms with Crippen molar-refractivity contribution < 1.29 is 48.3 Å². The number of nitrogens with zero attached hydrogens (tertiary/aromatic N) is 2. The van der Waals surface area contributed by atoms with Crippen LogP contribution in [0.1, 0.15) is 43.1 Å². The van der Waals surface area contributed by atoms with Crippen LogP contribution in [0.5, 0.6) is 23.0 Å². The fourth-order valence-corrected chi connectivity index (χ4v) is 5.19. The highest BCUT2D eigenvalue weighted by molar-refractivity contribution is 6.62. The highest BCUT2D eigenvalue weighted by Crippen LogP contribution is 2.32. The Morgan fingerprint density at radius 1 is 0.761 bits per heavy atom. The second-order valence-corrected chi connectivity index (χ2v) is 10.7. The molecule has 0 bridgehead atoms. The quantitative estimate of drug-likeness (QED) is 0.134. The van der Waals surface area contributed by atoms with Gasteiger partial charge in [0.1, 0.15) is 33.3 Å². The third kappa shape index (κ3) is 8.35. The number of aliphatic carboxylic acids is 1. The van der Waals surface area contributed by atoms with Gasteiger partial charge in [-0.1, -0.05) is 35.3 Å². The number of benzene rings is 2. The summed E-state index contributed by atoms with van der Waals surface area (Å²) in [6.07, 6.45) is 1.72. The van der Waals surface area contributed by atoms with E-state index in [9.17, 15) is 19.6 Å². The van der Waals surface area contributed by atoms with E-state index < -0.39 is 32.4 Å². The minimum absolute atomic E-state index is 0.0536. The maximum atomic E-state index is 11.6. The van der Waals surface area contributed by atoms with E-state index in [2.05, 4.69) is 9.97 Å². The average Bonchev–Trinajstić information content (AvgIpc) is 3.47. The summed E-state index contributed by atoms with van der Waals surface area (Å²) in [6, 6.07) is 16.7. The molecule has 0 amide bonds. The smallest absolute Gasteiger partial charge is 0.481 e.